The van der Waals surface area contributed by atoms with Gasteiger partial charge in [-0.25, -0.2) is 4.98 Å². The van der Waals surface area contributed by atoms with Crippen molar-refractivity contribution in [3.05, 3.63) is 18.2 Å². The van der Waals surface area contributed by atoms with Gasteiger partial charge in [-0.15, -0.1) is 0 Å². The Labute approximate surface area is 155 Å². The number of rotatable bonds is 16. The quantitative estimate of drug-likeness (QED) is 0.303. The molecule has 0 radical (unpaired) electrons. The molecule has 1 heterocycles. The van der Waals surface area contributed by atoms with E-state index in [9.17, 15) is 0 Å². The number of unbranched alkanes of at least 4 members (excludes halogenated alkanes) is 13. The van der Waals surface area contributed by atoms with Gasteiger partial charge in [0.15, 0.2) is 0 Å². The van der Waals surface area contributed by atoms with Gasteiger partial charge in [0.25, 0.3) is 0 Å². The second-order valence-corrected chi connectivity index (χ2v) is 7.40. The maximum absolute atomic E-state index is 9.03. The normalized spacial score (nSPS) is 12.2. The van der Waals surface area contributed by atoms with E-state index in [0.717, 1.165) is 12.2 Å². The lowest BCUT2D eigenvalue weighted by molar-refractivity contribution is 0.531. The minimum atomic E-state index is -0.107. The molecule has 0 bridgehead atoms. The van der Waals surface area contributed by atoms with Crippen LogP contribution in [0.2, 0.25) is 0 Å². The fourth-order valence-electron chi connectivity index (χ4n) is 3.43. The Morgan fingerprint density at radius 3 is 1.84 bits per heavy atom. The first-order chi connectivity index (χ1) is 12.3. The van der Waals surface area contributed by atoms with E-state index in [4.69, 9.17) is 5.26 Å². The van der Waals surface area contributed by atoms with E-state index in [2.05, 4.69) is 18.0 Å². The molecule has 1 aromatic heterocycles. The first-order valence-electron chi connectivity index (χ1n) is 10.7. The maximum Gasteiger partial charge on any atom is 0.119 e. The Kier molecular flexibility index (Phi) is 13.0. The van der Waals surface area contributed by atoms with Crippen LogP contribution in [0.3, 0.4) is 0 Å². The van der Waals surface area contributed by atoms with Crippen LogP contribution in [0, 0.1) is 11.3 Å². The summed E-state index contributed by atoms with van der Waals surface area (Å²) >= 11 is 0. The van der Waals surface area contributed by atoms with Gasteiger partial charge in [-0.1, -0.05) is 90.4 Å². The molecule has 1 aromatic rings. The number of hydrogen-bond donors (Lipinski definition) is 0. The van der Waals surface area contributed by atoms with Crippen molar-refractivity contribution in [1.29, 1.82) is 5.26 Å². The second-order valence-electron chi connectivity index (χ2n) is 7.40. The fraction of sp³-hybridized carbons (Fsp3) is 0.818. The SMILES string of the molecule is CCCCCCCCCCCCCCCCc1nccn1C(C)C#N. The Morgan fingerprint density at radius 1 is 0.880 bits per heavy atom. The third kappa shape index (κ3) is 10.3. The summed E-state index contributed by atoms with van der Waals surface area (Å²) in [7, 11) is 0. The van der Waals surface area contributed by atoms with Gasteiger partial charge < -0.3 is 4.57 Å². The Morgan fingerprint density at radius 2 is 1.36 bits per heavy atom. The summed E-state index contributed by atoms with van der Waals surface area (Å²) < 4.78 is 2.00. The number of aromatic nitrogens is 2. The molecule has 1 atom stereocenters. The molecule has 142 valence electrons. The summed E-state index contributed by atoms with van der Waals surface area (Å²) in [6.45, 7) is 4.21. The predicted molar refractivity (Wildman–Crippen MR) is 107 cm³/mol. The van der Waals surface area contributed by atoms with Gasteiger partial charge in [0.1, 0.15) is 11.9 Å². The molecule has 0 spiro atoms. The Hall–Kier alpha value is -1.30. The van der Waals surface area contributed by atoms with Gasteiger partial charge in [0.2, 0.25) is 0 Å². The average Bonchev–Trinajstić information content (AvgIpc) is 3.10. The molecule has 0 saturated carbocycles. The van der Waals surface area contributed by atoms with E-state index in [-0.39, 0.29) is 6.04 Å². The van der Waals surface area contributed by atoms with E-state index < -0.39 is 0 Å². The summed E-state index contributed by atoms with van der Waals surface area (Å²) in [6.07, 6.45) is 24.1. The molecule has 3 heteroatoms. The first-order valence-corrected chi connectivity index (χ1v) is 10.7. The molecule has 1 unspecified atom stereocenters. The zero-order valence-corrected chi connectivity index (χ0v) is 16.7. The summed E-state index contributed by atoms with van der Waals surface area (Å²) in [6, 6.07) is 2.18. The van der Waals surface area contributed by atoms with Crippen molar-refractivity contribution in [2.24, 2.45) is 0 Å². The van der Waals surface area contributed by atoms with Crippen LogP contribution >= 0.6 is 0 Å². The van der Waals surface area contributed by atoms with Crippen molar-refractivity contribution in [1.82, 2.24) is 9.55 Å². The van der Waals surface area contributed by atoms with Crippen LogP contribution in [0.15, 0.2) is 12.4 Å². The largest absolute Gasteiger partial charge is 0.319 e. The van der Waals surface area contributed by atoms with Crippen molar-refractivity contribution in [3.63, 3.8) is 0 Å². The van der Waals surface area contributed by atoms with Gasteiger partial charge in [-0.2, -0.15) is 5.26 Å². The lowest BCUT2D eigenvalue weighted by atomic mass is 10.0. The van der Waals surface area contributed by atoms with Gasteiger partial charge in [0.05, 0.1) is 6.07 Å². The van der Waals surface area contributed by atoms with Gasteiger partial charge in [0, 0.05) is 18.8 Å². The zero-order chi connectivity index (χ0) is 18.2. The van der Waals surface area contributed by atoms with Crippen molar-refractivity contribution in [3.8, 4) is 6.07 Å². The number of nitrogens with zero attached hydrogens (tertiary/aromatic N) is 3. The molecular weight excluding hydrogens is 306 g/mol. The highest BCUT2D eigenvalue weighted by Crippen LogP contribution is 2.15. The monoisotopic (exact) mass is 345 g/mol. The molecule has 0 aromatic carbocycles. The van der Waals surface area contributed by atoms with Gasteiger partial charge in [-0.05, 0) is 13.3 Å². The number of hydrogen-bond acceptors (Lipinski definition) is 2. The average molecular weight is 346 g/mol. The Balaban J connectivity index is 1.88. The highest BCUT2D eigenvalue weighted by molar-refractivity contribution is 5.00. The standard InChI is InChI=1S/C22H39N3/c1-3-4-5-6-7-8-9-10-11-12-13-14-15-16-17-22-24-18-19-25(22)21(2)20-23/h18-19,21H,3-17H2,1-2H3. The van der Waals surface area contributed by atoms with Crippen LogP contribution in [-0.4, -0.2) is 9.55 Å². The van der Waals surface area contributed by atoms with Crippen LogP contribution in [0.1, 0.15) is 116 Å². The van der Waals surface area contributed by atoms with Crippen molar-refractivity contribution in [2.75, 3.05) is 0 Å². The molecule has 0 fully saturated rings. The Bertz CT molecular complexity index is 458. The predicted octanol–water partition coefficient (Wildman–Crippen LogP) is 6.99. The third-order valence-electron chi connectivity index (χ3n) is 5.11. The van der Waals surface area contributed by atoms with E-state index in [1.165, 1.54) is 89.9 Å². The molecule has 0 aliphatic rings. The highest BCUT2D eigenvalue weighted by Gasteiger charge is 2.08. The van der Waals surface area contributed by atoms with Gasteiger partial charge >= 0.3 is 0 Å². The van der Waals surface area contributed by atoms with Crippen molar-refractivity contribution < 1.29 is 0 Å². The topological polar surface area (TPSA) is 41.6 Å². The van der Waals surface area contributed by atoms with Crippen LogP contribution in [0.25, 0.3) is 0 Å². The van der Waals surface area contributed by atoms with E-state index >= 15 is 0 Å². The van der Waals surface area contributed by atoms with E-state index in [0.29, 0.717) is 0 Å². The van der Waals surface area contributed by atoms with Crippen LogP contribution < -0.4 is 0 Å². The lowest BCUT2D eigenvalue weighted by Crippen LogP contribution is -2.06. The third-order valence-corrected chi connectivity index (χ3v) is 5.11. The second kappa shape index (κ2) is 15.0. The lowest BCUT2D eigenvalue weighted by Gasteiger charge is -2.09. The maximum atomic E-state index is 9.03. The molecule has 0 aliphatic heterocycles. The minimum absolute atomic E-state index is 0.107. The molecule has 25 heavy (non-hydrogen) atoms. The van der Waals surface area contributed by atoms with E-state index in [1.807, 2.05) is 23.9 Å². The smallest absolute Gasteiger partial charge is 0.119 e. The number of nitriles is 1. The number of aryl methyl sites for hydroxylation is 1. The summed E-state index contributed by atoms with van der Waals surface area (Å²) in [5, 5.41) is 9.03. The molecular formula is C22H39N3. The summed E-state index contributed by atoms with van der Waals surface area (Å²) in [4.78, 5) is 4.40. The van der Waals surface area contributed by atoms with Crippen molar-refractivity contribution >= 4 is 0 Å². The summed E-state index contributed by atoms with van der Waals surface area (Å²) in [5.74, 6) is 1.06. The molecule has 0 N–H and O–H groups in total. The minimum Gasteiger partial charge on any atom is -0.319 e. The molecule has 3 nitrogen and oxygen atoms in total. The van der Waals surface area contributed by atoms with Crippen LogP contribution in [0.4, 0.5) is 0 Å². The highest BCUT2D eigenvalue weighted by atomic mass is 15.1. The molecule has 0 amide bonds. The first kappa shape index (κ1) is 21.7. The van der Waals surface area contributed by atoms with Crippen LogP contribution in [0.5, 0.6) is 0 Å². The molecule has 0 saturated heterocycles. The fourth-order valence-corrected chi connectivity index (χ4v) is 3.43. The molecule has 1 rings (SSSR count). The van der Waals surface area contributed by atoms with Crippen LogP contribution in [-0.2, 0) is 6.42 Å². The number of imidazole rings is 1. The van der Waals surface area contributed by atoms with Crippen molar-refractivity contribution in [2.45, 2.75) is 116 Å². The van der Waals surface area contributed by atoms with E-state index in [1.54, 1.807) is 0 Å². The molecule has 0 aliphatic carbocycles. The summed E-state index contributed by atoms with van der Waals surface area (Å²) in [5.41, 5.74) is 0. The zero-order valence-electron chi connectivity index (χ0n) is 16.7. The van der Waals surface area contributed by atoms with Gasteiger partial charge in [-0.3, -0.25) is 0 Å².